The molecule has 1 aliphatic rings. The van der Waals surface area contributed by atoms with Crippen LogP contribution in [0.1, 0.15) is 35.5 Å². The minimum atomic E-state index is -0.227. The van der Waals surface area contributed by atoms with E-state index in [2.05, 4.69) is 45.0 Å². The Balaban J connectivity index is 1.41. The van der Waals surface area contributed by atoms with Crippen molar-refractivity contribution in [2.24, 2.45) is 0 Å². The highest BCUT2D eigenvalue weighted by atomic mass is 79.9. The second kappa shape index (κ2) is 8.16. The van der Waals surface area contributed by atoms with Gasteiger partial charge in [-0.05, 0) is 50.6 Å². The number of halogens is 1. The topological polar surface area (TPSA) is 67.6 Å². The second-order valence-electron chi connectivity index (χ2n) is 7.57. The van der Waals surface area contributed by atoms with Gasteiger partial charge in [0.2, 0.25) is 0 Å². The van der Waals surface area contributed by atoms with E-state index < -0.39 is 0 Å². The van der Waals surface area contributed by atoms with Crippen molar-refractivity contribution in [2.45, 2.75) is 39.5 Å². The summed E-state index contributed by atoms with van der Waals surface area (Å²) in [5.41, 5.74) is 2.48. The number of carbonyl (C=O) groups is 1. The Kier molecular flexibility index (Phi) is 5.61. The first kappa shape index (κ1) is 19.9. The number of pyridine rings is 1. The number of anilines is 1. The molecular weight excluding hydrogens is 434 g/mol. The molecule has 0 aliphatic carbocycles. The number of aryl methyl sites for hydroxylation is 1. The lowest BCUT2D eigenvalue weighted by Crippen LogP contribution is -2.45. The van der Waals surface area contributed by atoms with Crippen LogP contribution in [0.15, 0.2) is 45.4 Å². The quantitative estimate of drug-likeness (QED) is 0.626. The Bertz CT molecular complexity index is 1020. The summed E-state index contributed by atoms with van der Waals surface area (Å²) in [6, 6.07) is 9.71. The number of fused-ring (bicyclic) bond motifs is 1. The van der Waals surface area contributed by atoms with Crippen molar-refractivity contribution in [3.63, 3.8) is 0 Å². The van der Waals surface area contributed by atoms with E-state index in [4.69, 9.17) is 9.15 Å². The van der Waals surface area contributed by atoms with Gasteiger partial charge < -0.3 is 19.4 Å². The summed E-state index contributed by atoms with van der Waals surface area (Å²) in [6.07, 6.45) is 2.18. The molecule has 7 heteroatoms. The van der Waals surface area contributed by atoms with Crippen LogP contribution >= 0.6 is 15.9 Å². The highest BCUT2D eigenvalue weighted by molar-refractivity contribution is 9.10. The Morgan fingerprint density at radius 2 is 2.00 bits per heavy atom. The number of furan rings is 1. The van der Waals surface area contributed by atoms with Gasteiger partial charge in [0.1, 0.15) is 11.4 Å². The van der Waals surface area contributed by atoms with Gasteiger partial charge in [0.05, 0.1) is 12.2 Å². The summed E-state index contributed by atoms with van der Waals surface area (Å²) in [5, 5.41) is 3.86. The van der Waals surface area contributed by atoms with Gasteiger partial charge in [0, 0.05) is 41.3 Å². The molecule has 0 saturated carbocycles. The third-order valence-corrected chi connectivity index (χ3v) is 5.60. The van der Waals surface area contributed by atoms with E-state index in [1.165, 1.54) is 0 Å². The summed E-state index contributed by atoms with van der Waals surface area (Å²) in [7, 11) is 0. The highest BCUT2D eigenvalue weighted by Gasteiger charge is 2.23. The van der Waals surface area contributed by atoms with Gasteiger partial charge in [-0.15, -0.1) is 0 Å². The fourth-order valence-corrected chi connectivity index (χ4v) is 4.11. The first-order valence-electron chi connectivity index (χ1n) is 9.73. The number of nitrogens with zero attached hydrogens (tertiary/aromatic N) is 2. The zero-order valence-electron chi connectivity index (χ0n) is 16.7. The fourth-order valence-electron chi connectivity index (χ4n) is 3.75. The monoisotopic (exact) mass is 457 g/mol. The van der Waals surface area contributed by atoms with Crippen LogP contribution in [0.5, 0.6) is 0 Å². The number of ether oxygens (including phenoxy) is 1. The van der Waals surface area contributed by atoms with Gasteiger partial charge in [-0.3, -0.25) is 4.79 Å². The number of morpholine rings is 1. The standard InChI is InChI=1S/C22H24BrN3O3/c1-13-11-26(12-14(2)28-13)20-7-4-16(9-24-20)10-25-22(27)21-15(3)18-8-17(23)5-6-19(18)29-21/h4-9,13-14H,10-12H2,1-3H3,(H,25,27). The maximum absolute atomic E-state index is 12.6. The van der Waals surface area contributed by atoms with Crippen molar-refractivity contribution in [2.75, 3.05) is 18.0 Å². The van der Waals surface area contributed by atoms with E-state index in [0.29, 0.717) is 17.9 Å². The minimum Gasteiger partial charge on any atom is -0.451 e. The molecule has 1 aliphatic heterocycles. The van der Waals surface area contributed by atoms with E-state index in [0.717, 1.165) is 39.9 Å². The minimum absolute atomic E-state index is 0.187. The summed E-state index contributed by atoms with van der Waals surface area (Å²) in [6.45, 7) is 8.09. The lowest BCUT2D eigenvalue weighted by atomic mass is 10.1. The number of hydrogen-bond donors (Lipinski definition) is 1. The van der Waals surface area contributed by atoms with Crippen molar-refractivity contribution in [1.82, 2.24) is 10.3 Å². The predicted octanol–water partition coefficient (Wildman–Crippen LogP) is 4.44. The number of nitrogens with one attached hydrogen (secondary N) is 1. The molecule has 152 valence electrons. The van der Waals surface area contributed by atoms with E-state index in [9.17, 15) is 4.79 Å². The summed E-state index contributed by atoms with van der Waals surface area (Å²) in [4.78, 5) is 19.4. The molecule has 3 heterocycles. The Labute approximate surface area is 178 Å². The first-order valence-corrected chi connectivity index (χ1v) is 10.5. The van der Waals surface area contributed by atoms with Gasteiger partial charge >= 0.3 is 0 Å². The number of rotatable bonds is 4. The largest absolute Gasteiger partial charge is 0.451 e. The molecule has 2 unspecified atom stereocenters. The summed E-state index contributed by atoms with van der Waals surface area (Å²) < 4.78 is 12.5. The third-order valence-electron chi connectivity index (χ3n) is 5.11. The maximum atomic E-state index is 12.6. The van der Waals surface area contributed by atoms with Crippen molar-refractivity contribution in [3.05, 3.63) is 57.9 Å². The molecule has 1 aromatic carbocycles. The molecule has 2 aromatic heterocycles. The summed E-state index contributed by atoms with van der Waals surface area (Å²) in [5.74, 6) is 1.05. The first-order chi connectivity index (χ1) is 13.9. The highest BCUT2D eigenvalue weighted by Crippen LogP contribution is 2.28. The molecular formula is C22H24BrN3O3. The molecule has 1 saturated heterocycles. The molecule has 6 nitrogen and oxygen atoms in total. The van der Waals surface area contributed by atoms with Crippen LogP contribution in [0.4, 0.5) is 5.82 Å². The zero-order chi connectivity index (χ0) is 20.5. The maximum Gasteiger partial charge on any atom is 0.287 e. The Morgan fingerprint density at radius 1 is 1.24 bits per heavy atom. The predicted molar refractivity (Wildman–Crippen MR) is 116 cm³/mol. The van der Waals surface area contributed by atoms with Crippen LogP contribution in [0, 0.1) is 6.92 Å². The normalized spacial score (nSPS) is 19.5. The summed E-state index contributed by atoms with van der Waals surface area (Å²) >= 11 is 3.46. The van der Waals surface area contributed by atoms with Crippen molar-refractivity contribution < 1.29 is 13.9 Å². The number of benzene rings is 1. The zero-order valence-corrected chi connectivity index (χ0v) is 18.3. The van der Waals surface area contributed by atoms with Crippen molar-refractivity contribution in [1.29, 1.82) is 0 Å². The van der Waals surface area contributed by atoms with Gasteiger partial charge in [0.15, 0.2) is 5.76 Å². The average Bonchev–Trinajstić information content (AvgIpc) is 3.02. The van der Waals surface area contributed by atoms with Gasteiger partial charge in [-0.1, -0.05) is 22.0 Å². The molecule has 1 amide bonds. The van der Waals surface area contributed by atoms with E-state index in [-0.39, 0.29) is 18.1 Å². The van der Waals surface area contributed by atoms with Crippen molar-refractivity contribution >= 4 is 38.6 Å². The molecule has 1 fully saturated rings. The van der Waals surface area contributed by atoms with Gasteiger partial charge in [-0.2, -0.15) is 0 Å². The van der Waals surface area contributed by atoms with Crippen LogP contribution in [0.2, 0.25) is 0 Å². The lowest BCUT2D eigenvalue weighted by molar-refractivity contribution is -0.00546. The fraction of sp³-hybridized carbons (Fsp3) is 0.364. The molecule has 3 aromatic rings. The third kappa shape index (κ3) is 4.31. The van der Waals surface area contributed by atoms with Crippen LogP contribution in [-0.4, -0.2) is 36.2 Å². The number of amides is 1. The Hall–Kier alpha value is -2.38. The number of carbonyl (C=O) groups excluding carboxylic acids is 1. The molecule has 0 bridgehead atoms. The average molecular weight is 458 g/mol. The van der Waals surface area contributed by atoms with Crippen LogP contribution < -0.4 is 10.2 Å². The Morgan fingerprint density at radius 3 is 2.69 bits per heavy atom. The lowest BCUT2D eigenvalue weighted by Gasteiger charge is -2.36. The molecule has 0 radical (unpaired) electrons. The number of hydrogen-bond acceptors (Lipinski definition) is 5. The number of aromatic nitrogens is 1. The molecule has 2 atom stereocenters. The SMILES string of the molecule is Cc1c(C(=O)NCc2ccc(N3CC(C)OC(C)C3)nc2)oc2ccc(Br)cc12. The van der Waals surface area contributed by atoms with E-state index in [1.54, 1.807) is 0 Å². The molecule has 29 heavy (non-hydrogen) atoms. The van der Waals surface area contributed by atoms with Gasteiger partial charge in [0.25, 0.3) is 5.91 Å². The molecule has 1 N–H and O–H groups in total. The second-order valence-corrected chi connectivity index (χ2v) is 8.48. The van der Waals surface area contributed by atoms with Crippen LogP contribution in [0.25, 0.3) is 11.0 Å². The van der Waals surface area contributed by atoms with Crippen LogP contribution in [0.3, 0.4) is 0 Å². The van der Waals surface area contributed by atoms with Crippen LogP contribution in [-0.2, 0) is 11.3 Å². The van der Waals surface area contributed by atoms with Gasteiger partial charge in [-0.25, -0.2) is 4.98 Å². The molecule has 0 spiro atoms. The smallest absolute Gasteiger partial charge is 0.287 e. The molecule has 4 rings (SSSR count). The van der Waals surface area contributed by atoms with E-state index >= 15 is 0 Å². The van der Waals surface area contributed by atoms with E-state index in [1.807, 2.05) is 43.5 Å². The van der Waals surface area contributed by atoms with Crippen molar-refractivity contribution in [3.8, 4) is 0 Å².